The fraction of sp³-hybridized carbons (Fsp3) is 0.424. The SMILES string of the molecule is CC(=O)c1cc[nH]c(=O)c1.CCC(C)Br.CCC(C)n1ccc(C(=O)CCc2c(C)cc(C)[nH]c2=O)cc1=O.CCC(C)n1ccc(C(=O)O)cc1=O.CCC(C)n1ccc(C(=O)OC)cc1=O.Cc1cc(C)c(CN)c(=O)[nH]1. The van der Waals surface area contributed by atoms with Crippen molar-refractivity contribution in [1.82, 2.24) is 28.7 Å². The summed E-state index contributed by atoms with van der Waals surface area (Å²) in [5.41, 5.74) is 10.3. The molecule has 4 atom stereocenters. The Balaban J connectivity index is 0.000000500. The number of hydrogen-bond donors (Lipinski definition) is 5. The van der Waals surface area contributed by atoms with Crippen molar-refractivity contribution >= 4 is 39.4 Å². The number of alkyl halides is 1. The number of rotatable bonds is 15. The summed E-state index contributed by atoms with van der Waals surface area (Å²) in [6, 6.07) is 15.6. The number of H-pyrrole nitrogens is 3. The van der Waals surface area contributed by atoms with E-state index in [1.54, 1.807) is 39.7 Å². The topological polar surface area (TPSA) is 288 Å². The predicted octanol–water partition coefficient (Wildman–Crippen LogP) is 9.27. The molecule has 0 aliphatic heterocycles. The van der Waals surface area contributed by atoms with Gasteiger partial charge in [0.05, 0.1) is 18.2 Å². The zero-order valence-corrected chi connectivity index (χ0v) is 49.7. The van der Waals surface area contributed by atoms with E-state index in [4.69, 9.17) is 10.8 Å². The number of nitrogens with two attached hydrogens (primary N) is 1. The maximum Gasteiger partial charge on any atom is 0.338 e. The zero-order valence-electron chi connectivity index (χ0n) is 48.1. The van der Waals surface area contributed by atoms with Gasteiger partial charge in [0, 0.05) is 119 Å². The minimum Gasteiger partial charge on any atom is -0.478 e. The van der Waals surface area contributed by atoms with Crippen LogP contribution in [0.1, 0.15) is 188 Å². The number of Topliss-reactive ketones (excluding diaryl/α,β-unsaturated/α-hetero) is 2. The number of esters is 1. The molecule has 19 nitrogen and oxygen atoms in total. The van der Waals surface area contributed by atoms with Crippen molar-refractivity contribution < 1.29 is 29.0 Å². The van der Waals surface area contributed by atoms with Crippen LogP contribution >= 0.6 is 15.9 Å². The second-order valence-corrected chi connectivity index (χ2v) is 20.3. The van der Waals surface area contributed by atoms with Gasteiger partial charge in [0.25, 0.3) is 27.8 Å². The quantitative estimate of drug-likeness (QED) is 0.0364. The Morgan fingerprint density at radius 1 is 0.608 bits per heavy atom. The number of nitrogens with zero attached hydrogens (tertiary/aromatic N) is 3. The molecule has 0 saturated carbocycles. The molecular formula is C59H80BrN7O12. The second-order valence-electron chi connectivity index (χ2n) is 18.8. The molecule has 79 heavy (non-hydrogen) atoms. The summed E-state index contributed by atoms with van der Waals surface area (Å²) in [5, 5.41) is 8.65. The number of ether oxygens (including phenoxy) is 1. The van der Waals surface area contributed by atoms with Crippen molar-refractivity contribution in [3.63, 3.8) is 0 Å². The molecule has 0 aliphatic rings. The number of nitrogens with one attached hydrogen (secondary N) is 3. The average molecular weight is 1160 g/mol. The van der Waals surface area contributed by atoms with Crippen LogP contribution in [0, 0.1) is 27.7 Å². The first-order chi connectivity index (χ1) is 37.1. The van der Waals surface area contributed by atoms with Crippen LogP contribution in [-0.2, 0) is 17.7 Å². The third kappa shape index (κ3) is 23.5. The van der Waals surface area contributed by atoms with Gasteiger partial charge in [0.2, 0.25) is 5.56 Å². The first-order valence-corrected chi connectivity index (χ1v) is 27.0. The molecule has 0 aliphatic carbocycles. The van der Waals surface area contributed by atoms with Crippen molar-refractivity contribution in [2.24, 2.45) is 5.73 Å². The number of methoxy groups -OCH3 is 1. The molecule has 0 bridgehead atoms. The summed E-state index contributed by atoms with van der Waals surface area (Å²) >= 11 is 3.37. The number of aromatic nitrogens is 6. The van der Waals surface area contributed by atoms with Gasteiger partial charge in [0.15, 0.2) is 11.6 Å². The molecule has 20 heteroatoms. The van der Waals surface area contributed by atoms with E-state index in [9.17, 15) is 47.9 Å². The number of carbonyl (C=O) groups is 4. The molecule has 430 valence electrons. The van der Waals surface area contributed by atoms with Crippen molar-refractivity contribution in [3.05, 3.63) is 203 Å². The number of aromatic amines is 3. The number of halogens is 1. The number of ketones is 2. The third-order valence-electron chi connectivity index (χ3n) is 12.6. The highest BCUT2D eigenvalue weighted by molar-refractivity contribution is 9.09. The predicted molar refractivity (Wildman–Crippen MR) is 315 cm³/mol. The Morgan fingerprint density at radius 2 is 1.01 bits per heavy atom. The van der Waals surface area contributed by atoms with E-state index in [1.165, 1.54) is 61.7 Å². The van der Waals surface area contributed by atoms with Gasteiger partial charge in [-0.2, -0.15) is 0 Å². The fourth-order valence-electron chi connectivity index (χ4n) is 7.08. The minimum absolute atomic E-state index is 0.0366. The lowest BCUT2D eigenvalue weighted by Crippen LogP contribution is -2.23. The highest BCUT2D eigenvalue weighted by atomic mass is 79.9. The molecule has 0 spiro atoms. The number of carboxylic acids is 1. The number of aromatic carboxylic acids is 1. The molecule has 6 N–H and O–H groups in total. The molecular weight excluding hydrogens is 1080 g/mol. The van der Waals surface area contributed by atoms with Crippen molar-refractivity contribution in [3.8, 4) is 0 Å². The average Bonchev–Trinajstić information content (AvgIpc) is 3.40. The molecule has 6 aromatic heterocycles. The van der Waals surface area contributed by atoms with Crippen LogP contribution < -0.4 is 39.1 Å². The van der Waals surface area contributed by atoms with Crippen LogP contribution in [-0.4, -0.2) is 69.2 Å². The number of carbonyl (C=O) groups excluding carboxylic acids is 3. The van der Waals surface area contributed by atoms with E-state index in [-0.39, 0.29) is 75.0 Å². The summed E-state index contributed by atoms with van der Waals surface area (Å²) < 4.78 is 9.30. The van der Waals surface area contributed by atoms with Gasteiger partial charge in [-0.15, -0.1) is 0 Å². The zero-order chi connectivity index (χ0) is 60.3. The molecule has 6 aromatic rings. The van der Waals surface area contributed by atoms with Crippen molar-refractivity contribution in [2.45, 2.75) is 158 Å². The van der Waals surface area contributed by atoms with Gasteiger partial charge in [0.1, 0.15) is 0 Å². The van der Waals surface area contributed by atoms with Crippen LogP contribution in [0.2, 0.25) is 0 Å². The van der Waals surface area contributed by atoms with Crippen LogP contribution in [0.15, 0.2) is 114 Å². The Kier molecular flexibility index (Phi) is 30.8. The molecule has 0 radical (unpaired) electrons. The molecule has 4 unspecified atom stereocenters. The molecule has 0 fully saturated rings. The van der Waals surface area contributed by atoms with Gasteiger partial charge in [-0.25, -0.2) is 9.59 Å². The number of carboxylic acid groups (broad SMARTS) is 1. The largest absolute Gasteiger partial charge is 0.478 e. The molecule has 0 amide bonds. The van der Waals surface area contributed by atoms with Gasteiger partial charge in [-0.05, 0) is 135 Å². The minimum atomic E-state index is -1.07. The fourth-order valence-corrected chi connectivity index (χ4v) is 7.08. The van der Waals surface area contributed by atoms with Crippen molar-refractivity contribution in [2.75, 3.05) is 7.11 Å². The van der Waals surface area contributed by atoms with Crippen molar-refractivity contribution in [1.29, 1.82) is 0 Å². The standard InChI is InChI=1S/C19H24N2O3.C11H15NO3.C10H13NO3.C8H12N2O.C7H7NO2.C4H9Br/c1-5-14(4)21-9-8-15(11-18(21)23)17(22)7-6-16-12(2)10-13(3)20-19(16)24;1-4-8(2)12-6-5-9(7-10(12)13)11(14)15-3;1-3-7(2)11-5-4-8(10(13)14)6-9(11)12;1-5-3-6(2)10-8(11)7(5)4-9;1-5(9)6-2-3-8-7(10)4-6;1-3-4(2)5/h8-11,14H,5-7H2,1-4H3,(H,20,24);5-8H,4H2,1-3H3;4-7H,3H2,1-2H3,(H,13,14);3H,4,9H2,1-2H3,(H,10,11);2-4H,1H3,(H,8,10);4H,3H2,1-2H3. The van der Waals surface area contributed by atoms with Crippen LogP contribution in [0.4, 0.5) is 0 Å². The highest BCUT2D eigenvalue weighted by Crippen LogP contribution is 2.13. The maximum atomic E-state index is 12.4. The summed E-state index contributed by atoms with van der Waals surface area (Å²) in [4.78, 5) is 122. The molecule has 0 saturated heterocycles. The Labute approximate surface area is 469 Å². The Morgan fingerprint density at radius 3 is 1.35 bits per heavy atom. The van der Waals surface area contributed by atoms with Gasteiger partial charge < -0.3 is 44.2 Å². The van der Waals surface area contributed by atoms with Gasteiger partial charge >= 0.3 is 11.9 Å². The van der Waals surface area contributed by atoms with E-state index in [1.807, 2.05) is 81.4 Å². The monoisotopic (exact) mass is 1160 g/mol. The van der Waals surface area contributed by atoms with Gasteiger partial charge in [-0.3, -0.25) is 38.4 Å². The molecule has 6 rings (SSSR count). The summed E-state index contributed by atoms with van der Waals surface area (Å²) in [7, 11) is 1.29. The Hall–Kier alpha value is -7.58. The smallest absolute Gasteiger partial charge is 0.338 e. The van der Waals surface area contributed by atoms with Crippen LogP contribution in [0.5, 0.6) is 0 Å². The summed E-state index contributed by atoms with van der Waals surface area (Å²) in [5.74, 6) is -1.77. The number of aryl methyl sites for hydroxylation is 4. The van der Waals surface area contributed by atoms with E-state index in [0.717, 1.165) is 47.8 Å². The highest BCUT2D eigenvalue weighted by Gasteiger charge is 2.14. The lowest BCUT2D eigenvalue weighted by molar-refractivity contribution is 0.0599. The molecule has 6 heterocycles. The van der Waals surface area contributed by atoms with Gasteiger partial charge in [-0.1, -0.05) is 50.5 Å². The molecule has 0 aromatic carbocycles. The number of pyridine rings is 6. The maximum absolute atomic E-state index is 12.4. The normalized spacial score (nSPS) is 11.7. The van der Waals surface area contributed by atoms with Crippen LogP contribution in [0.25, 0.3) is 0 Å². The van der Waals surface area contributed by atoms with E-state index in [0.29, 0.717) is 45.6 Å². The number of hydrogen-bond acceptors (Lipinski definition) is 12. The van der Waals surface area contributed by atoms with Crippen LogP contribution in [0.3, 0.4) is 0 Å². The third-order valence-corrected chi connectivity index (χ3v) is 13.2. The lowest BCUT2D eigenvalue weighted by Gasteiger charge is -2.13. The van der Waals surface area contributed by atoms with E-state index in [2.05, 4.69) is 49.5 Å². The first-order valence-electron chi connectivity index (χ1n) is 26.0. The second kappa shape index (κ2) is 35.0. The summed E-state index contributed by atoms with van der Waals surface area (Å²) in [6.45, 7) is 25.3. The summed E-state index contributed by atoms with van der Waals surface area (Å²) in [6.07, 6.45) is 10.6. The van der Waals surface area contributed by atoms with E-state index >= 15 is 0 Å². The first kappa shape index (κ1) is 69.4. The Bertz CT molecular complexity index is 3330. The van der Waals surface area contributed by atoms with E-state index < -0.39 is 11.9 Å². The lowest BCUT2D eigenvalue weighted by atomic mass is 10.0.